The summed E-state index contributed by atoms with van der Waals surface area (Å²) in [5.41, 5.74) is 0.423. The second-order valence-electron chi connectivity index (χ2n) is 3.02. The quantitative estimate of drug-likeness (QED) is 0.667. The van der Waals surface area contributed by atoms with E-state index in [9.17, 15) is 10.1 Å². The Bertz CT molecular complexity index is 419. The lowest BCUT2D eigenvalue weighted by Gasteiger charge is -2.06. The van der Waals surface area contributed by atoms with Crippen molar-refractivity contribution in [3.63, 3.8) is 0 Å². The van der Waals surface area contributed by atoms with Gasteiger partial charge in [-0.2, -0.15) is 0 Å². The molecule has 5 nitrogen and oxygen atoms in total. The van der Waals surface area contributed by atoms with Gasteiger partial charge in [0.1, 0.15) is 6.61 Å². The second-order valence-corrected chi connectivity index (χ2v) is 4.14. The Balaban J connectivity index is 3.00. The largest absolute Gasteiger partial charge is 0.481 e. The lowest BCUT2D eigenvalue weighted by Crippen LogP contribution is -2.01. The molecule has 0 aliphatic rings. The molecule has 0 radical (unpaired) electrons. The van der Waals surface area contributed by atoms with Crippen LogP contribution in [0.4, 0.5) is 5.69 Å². The molecule has 0 heterocycles. The van der Waals surface area contributed by atoms with E-state index < -0.39 is 4.92 Å². The lowest BCUT2D eigenvalue weighted by molar-refractivity contribution is -0.385. The smallest absolute Gasteiger partial charge is 0.310 e. The SMILES string of the molecule is C=C(Br)COc1cc(CO)ccc1[N+](=O)[O-]. The van der Waals surface area contributed by atoms with Crippen molar-refractivity contribution < 1.29 is 14.8 Å². The summed E-state index contributed by atoms with van der Waals surface area (Å²) in [6.45, 7) is 3.50. The third-order valence-electron chi connectivity index (χ3n) is 1.79. The fraction of sp³-hybridized carbons (Fsp3) is 0.200. The highest BCUT2D eigenvalue weighted by molar-refractivity contribution is 9.11. The predicted molar refractivity (Wildman–Crippen MR) is 62.6 cm³/mol. The summed E-state index contributed by atoms with van der Waals surface area (Å²) in [5, 5.41) is 19.6. The summed E-state index contributed by atoms with van der Waals surface area (Å²) in [4.78, 5) is 10.2. The van der Waals surface area contributed by atoms with Crippen LogP contribution in [0.5, 0.6) is 5.75 Å². The monoisotopic (exact) mass is 287 g/mol. The third-order valence-corrected chi connectivity index (χ3v) is 2.02. The summed E-state index contributed by atoms with van der Waals surface area (Å²) in [6.07, 6.45) is 0. The number of rotatable bonds is 5. The summed E-state index contributed by atoms with van der Waals surface area (Å²) in [5.74, 6) is 0.122. The highest BCUT2D eigenvalue weighted by atomic mass is 79.9. The molecule has 0 atom stereocenters. The zero-order chi connectivity index (χ0) is 12.1. The number of benzene rings is 1. The van der Waals surface area contributed by atoms with Crippen molar-refractivity contribution in [1.29, 1.82) is 0 Å². The molecule has 0 fully saturated rings. The highest BCUT2D eigenvalue weighted by Gasteiger charge is 2.15. The number of aliphatic hydroxyl groups is 1. The van der Waals surface area contributed by atoms with Gasteiger partial charge in [0.2, 0.25) is 0 Å². The Morgan fingerprint density at radius 1 is 1.62 bits per heavy atom. The number of aliphatic hydroxyl groups excluding tert-OH is 1. The highest BCUT2D eigenvalue weighted by Crippen LogP contribution is 2.28. The molecular formula is C10H10BrNO4. The normalized spacial score (nSPS) is 9.88. The maximum absolute atomic E-state index is 10.7. The molecule has 0 bridgehead atoms. The van der Waals surface area contributed by atoms with Crippen LogP contribution in [0.15, 0.2) is 29.3 Å². The van der Waals surface area contributed by atoms with E-state index in [1.54, 1.807) is 0 Å². The van der Waals surface area contributed by atoms with Crippen LogP contribution >= 0.6 is 15.9 Å². The standard InChI is InChI=1S/C10H10BrNO4/c1-7(11)6-16-10-4-8(5-13)2-3-9(10)12(14)15/h2-4,13H,1,5-6H2. The fourth-order valence-electron chi connectivity index (χ4n) is 1.08. The van der Waals surface area contributed by atoms with Crippen molar-refractivity contribution in [2.24, 2.45) is 0 Å². The molecule has 0 aliphatic carbocycles. The van der Waals surface area contributed by atoms with Crippen molar-refractivity contribution >= 4 is 21.6 Å². The molecular weight excluding hydrogens is 278 g/mol. The molecule has 16 heavy (non-hydrogen) atoms. The molecule has 0 saturated carbocycles. The molecule has 0 aliphatic heterocycles. The van der Waals surface area contributed by atoms with Gasteiger partial charge in [-0.25, -0.2) is 0 Å². The van der Waals surface area contributed by atoms with Crippen LogP contribution in [0.1, 0.15) is 5.56 Å². The zero-order valence-electron chi connectivity index (χ0n) is 8.35. The summed E-state index contributed by atoms with van der Waals surface area (Å²) in [7, 11) is 0. The van der Waals surface area contributed by atoms with E-state index in [4.69, 9.17) is 9.84 Å². The number of hydrogen-bond acceptors (Lipinski definition) is 4. The maximum atomic E-state index is 10.7. The minimum atomic E-state index is -0.534. The molecule has 6 heteroatoms. The van der Waals surface area contributed by atoms with Crippen LogP contribution in [-0.2, 0) is 6.61 Å². The Hall–Kier alpha value is -1.40. The minimum absolute atomic E-state index is 0.122. The van der Waals surface area contributed by atoms with Crippen LogP contribution in [0.25, 0.3) is 0 Å². The Labute approximate surface area is 101 Å². The van der Waals surface area contributed by atoms with E-state index >= 15 is 0 Å². The summed E-state index contributed by atoms with van der Waals surface area (Å²) in [6, 6.07) is 4.22. The first-order valence-corrected chi connectivity index (χ1v) is 5.18. The van der Waals surface area contributed by atoms with Crippen molar-refractivity contribution in [3.05, 3.63) is 44.9 Å². The van der Waals surface area contributed by atoms with Gasteiger partial charge in [-0.3, -0.25) is 10.1 Å². The average molecular weight is 288 g/mol. The Morgan fingerprint density at radius 2 is 2.31 bits per heavy atom. The first-order valence-electron chi connectivity index (χ1n) is 4.39. The molecule has 0 spiro atoms. The maximum Gasteiger partial charge on any atom is 0.310 e. The van der Waals surface area contributed by atoms with E-state index in [1.165, 1.54) is 18.2 Å². The number of halogens is 1. The van der Waals surface area contributed by atoms with E-state index in [-0.39, 0.29) is 24.7 Å². The number of ether oxygens (including phenoxy) is 1. The van der Waals surface area contributed by atoms with Gasteiger partial charge >= 0.3 is 5.69 Å². The van der Waals surface area contributed by atoms with Gasteiger partial charge in [0.05, 0.1) is 11.5 Å². The van der Waals surface area contributed by atoms with Gasteiger partial charge in [-0.15, -0.1) is 0 Å². The van der Waals surface area contributed by atoms with Crippen molar-refractivity contribution in [2.75, 3.05) is 6.61 Å². The summed E-state index contributed by atoms with van der Waals surface area (Å²) >= 11 is 3.09. The van der Waals surface area contributed by atoms with Gasteiger partial charge in [-0.1, -0.05) is 22.5 Å². The molecule has 0 amide bonds. The van der Waals surface area contributed by atoms with Crippen LogP contribution in [0, 0.1) is 10.1 Å². The zero-order valence-corrected chi connectivity index (χ0v) is 9.94. The number of hydrogen-bond donors (Lipinski definition) is 1. The van der Waals surface area contributed by atoms with Gasteiger partial charge in [0.25, 0.3) is 0 Å². The van der Waals surface area contributed by atoms with E-state index in [2.05, 4.69) is 22.5 Å². The molecule has 1 N–H and O–H groups in total. The van der Waals surface area contributed by atoms with Gasteiger partial charge in [-0.05, 0) is 17.7 Å². The topological polar surface area (TPSA) is 72.6 Å². The number of nitro groups is 1. The molecule has 1 aromatic rings. The number of nitrogens with zero attached hydrogens (tertiary/aromatic N) is 1. The molecule has 1 aromatic carbocycles. The van der Waals surface area contributed by atoms with Crippen molar-refractivity contribution in [2.45, 2.75) is 6.61 Å². The molecule has 86 valence electrons. The second kappa shape index (κ2) is 5.62. The molecule has 0 aromatic heterocycles. The van der Waals surface area contributed by atoms with Crippen LogP contribution < -0.4 is 4.74 Å². The van der Waals surface area contributed by atoms with Gasteiger partial charge in [0, 0.05) is 10.5 Å². The Kier molecular flexibility index (Phi) is 4.45. The van der Waals surface area contributed by atoms with Crippen molar-refractivity contribution in [3.8, 4) is 5.75 Å². The lowest BCUT2D eigenvalue weighted by atomic mass is 10.2. The third kappa shape index (κ3) is 3.32. The molecule has 0 unspecified atom stereocenters. The first-order chi connectivity index (χ1) is 7.54. The van der Waals surface area contributed by atoms with E-state index in [0.717, 1.165) is 0 Å². The van der Waals surface area contributed by atoms with Gasteiger partial charge < -0.3 is 9.84 Å². The van der Waals surface area contributed by atoms with Crippen molar-refractivity contribution in [1.82, 2.24) is 0 Å². The minimum Gasteiger partial charge on any atom is -0.481 e. The van der Waals surface area contributed by atoms with Crippen LogP contribution in [-0.4, -0.2) is 16.6 Å². The fourth-order valence-corrected chi connectivity index (χ4v) is 1.19. The summed E-state index contributed by atoms with van der Waals surface area (Å²) < 4.78 is 5.78. The van der Waals surface area contributed by atoms with E-state index in [0.29, 0.717) is 10.0 Å². The Morgan fingerprint density at radius 3 is 2.81 bits per heavy atom. The van der Waals surface area contributed by atoms with Gasteiger partial charge in [0.15, 0.2) is 5.75 Å². The van der Waals surface area contributed by atoms with Crippen LogP contribution in [0.3, 0.4) is 0 Å². The molecule has 0 saturated heterocycles. The first kappa shape index (κ1) is 12.7. The van der Waals surface area contributed by atoms with Crippen LogP contribution in [0.2, 0.25) is 0 Å². The predicted octanol–water partition coefficient (Wildman–Crippen LogP) is 2.37. The van der Waals surface area contributed by atoms with E-state index in [1.807, 2.05) is 0 Å². The molecule has 1 rings (SSSR count). The number of nitro benzene ring substituents is 1. The average Bonchev–Trinajstić information content (AvgIpc) is 2.25.